The predicted molar refractivity (Wildman–Crippen MR) is 65.0 cm³/mol. The molecule has 3 N–H and O–H groups in total. The summed E-state index contributed by atoms with van der Waals surface area (Å²) < 4.78 is 1.66. The van der Waals surface area contributed by atoms with Gasteiger partial charge in [0, 0.05) is 13.2 Å². The summed E-state index contributed by atoms with van der Waals surface area (Å²) in [4.78, 5) is 12.3. The number of nitrogens with two attached hydrogens (primary N) is 1. The van der Waals surface area contributed by atoms with E-state index in [-0.39, 0.29) is 10.9 Å². The molecular weight excluding hydrogens is 224 g/mol. The third kappa shape index (κ3) is 1.69. The average molecular weight is 238 g/mol. The molecule has 0 atom stereocenters. The summed E-state index contributed by atoms with van der Waals surface area (Å²) in [7, 11) is 1.81. The van der Waals surface area contributed by atoms with Crippen molar-refractivity contribution in [1.82, 2.24) is 9.78 Å². The molecule has 86 valence electrons. The van der Waals surface area contributed by atoms with E-state index in [9.17, 15) is 4.79 Å². The van der Waals surface area contributed by atoms with Crippen LogP contribution in [0.4, 0.5) is 5.69 Å². The number of rotatable bonds is 3. The van der Waals surface area contributed by atoms with Crippen LogP contribution in [-0.2, 0) is 11.8 Å². The lowest BCUT2D eigenvalue weighted by molar-refractivity contribution is -0.118. The Kier molecular flexibility index (Phi) is 2.46. The van der Waals surface area contributed by atoms with Crippen LogP contribution in [0.5, 0.6) is 0 Å². The van der Waals surface area contributed by atoms with Crippen molar-refractivity contribution in [2.24, 2.45) is 18.2 Å². The number of carbonyl (C=O) groups is 1. The minimum Gasteiger partial charge on any atom is -0.392 e. The Labute approximate surface area is 99.0 Å². The van der Waals surface area contributed by atoms with Crippen molar-refractivity contribution in [3.63, 3.8) is 0 Å². The number of amides is 1. The molecule has 0 bridgehead atoms. The van der Waals surface area contributed by atoms with Gasteiger partial charge >= 0.3 is 0 Å². The molecular formula is C10H14N4OS. The Morgan fingerprint density at radius 1 is 1.69 bits per heavy atom. The molecule has 0 saturated heterocycles. The second kappa shape index (κ2) is 3.55. The maximum Gasteiger partial charge on any atom is 0.237 e. The van der Waals surface area contributed by atoms with Gasteiger partial charge in [0.15, 0.2) is 0 Å². The van der Waals surface area contributed by atoms with Crippen molar-refractivity contribution in [2.75, 3.05) is 5.32 Å². The fourth-order valence-corrected chi connectivity index (χ4v) is 1.97. The monoisotopic (exact) mass is 238 g/mol. The number of nitrogens with one attached hydrogen (secondary N) is 1. The standard InChI is InChI=1S/C10H14N4OS/c1-6-7(5-14(2)13-6)12-9(15)10(3-4-10)8(11)16/h5H,3-4H2,1-2H3,(H2,11,16)(H,12,15). The van der Waals surface area contributed by atoms with Gasteiger partial charge in [0.1, 0.15) is 0 Å². The van der Waals surface area contributed by atoms with Gasteiger partial charge in [-0.25, -0.2) is 0 Å². The van der Waals surface area contributed by atoms with E-state index in [1.54, 1.807) is 10.9 Å². The zero-order chi connectivity index (χ0) is 11.9. The molecule has 1 heterocycles. The summed E-state index contributed by atoms with van der Waals surface area (Å²) in [5.74, 6) is -0.115. The summed E-state index contributed by atoms with van der Waals surface area (Å²) in [6.45, 7) is 1.84. The molecule has 1 aromatic heterocycles. The molecule has 6 heteroatoms. The summed E-state index contributed by atoms with van der Waals surface area (Å²) in [6.07, 6.45) is 3.25. The van der Waals surface area contributed by atoms with Gasteiger partial charge in [-0.1, -0.05) is 12.2 Å². The first kappa shape index (κ1) is 11.1. The second-order valence-electron chi connectivity index (χ2n) is 4.20. The average Bonchev–Trinajstić information content (AvgIpc) is 2.91. The minimum atomic E-state index is -0.613. The molecule has 0 unspecified atom stereocenters. The normalized spacial score (nSPS) is 16.9. The highest BCUT2D eigenvalue weighted by atomic mass is 32.1. The van der Waals surface area contributed by atoms with Crippen LogP contribution in [0.15, 0.2) is 6.20 Å². The van der Waals surface area contributed by atoms with E-state index < -0.39 is 5.41 Å². The third-order valence-electron chi connectivity index (χ3n) is 2.92. The smallest absolute Gasteiger partial charge is 0.237 e. The van der Waals surface area contributed by atoms with E-state index >= 15 is 0 Å². The Morgan fingerprint density at radius 2 is 2.31 bits per heavy atom. The first-order valence-corrected chi connectivity index (χ1v) is 5.48. The Hall–Kier alpha value is -1.43. The molecule has 1 aliphatic carbocycles. The molecule has 5 nitrogen and oxygen atoms in total. The fourth-order valence-electron chi connectivity index (χ4n) is 1.67. The van der Waals surface area contributed by atoms with Gasteiger partial charge in [0.05, 0.1) is 21.8 Å². The highest BCUT2D eigenvalue weighted by molar-refractivity contribution is 7.80. The van der Waals surface area contributed by atoms with E-state index in [0.717, 1.165) is 24.2 Å². The molecule has 1 aliphatic rings. The van der Waals surface area contributed by atoms with Gasteiger partial charge in [-0.2, -0.15) is 5.10 Å². The van der Waals surface area contributed by atoms with Crippen molar-refractivity contribution in [3.05, 3.63) is 11.9 Å². The number of thiocarbonyl (C=S) groups is 1. The van der Waals surface area contributed by atoms with Crippen LogP contribution in [0.3, 0.4) is 0 Å². The summed E-state index contributed by atoms with van der Waals surface area (Å²) >= 11 is 4.92. The quantitative estimate of drug-likeness (QED) is 0.762. The molecule has 0 spiro atoms. The van der Waals surface area contributed by atoms with Crippen molar-refractivity contribution in [2.45, 2.75) is 19.8 Å². The second-order valence-corrected chi connectivity index (χ2v) is 4.64. The van der Waals surface area contributed by atoms with Crippen LogP contribution in [-0.4, -0.2) is 20.7 Å². The fraction of sp³-hybridized carbons (Fsp3) is 0.500. The maximum atomic E-state index is 12.0. The van der Waals surface area contributed by atoms with E-state index in [1.165, 1.54) is 0 Å². The number of hydrogen-bond acceptors (Lipinski definition) is 3. The molecule has 1 saturated carbocycles. The first-order chi connectivity index (χ1) is 7.45. The molecule has 0 aromatic carbocycles. The topological polar surface area (TPSA) is 72.9 Å². The molecule has 0 radical (unpaired) electrons. The van der Waals surface area contributed by atoms with Crippen molar-refractivity contribution in [1.29, 1.82) is 0 Å². The Bertz CT molecular complexity index is 461. The minimum absolute atomic E-state index is 0.115. The molecule has 1 fully saturated rings. The number of aromatic nitrogens is 2. The van der Waals surface area contributed by atoms with Gasteiger partial charge in [-0.3, -0.25) is 9.48 Å². The summed E-state index contributed by atoms with van der Waals surface area (Å²) in [5.41, 5.74) is 6.47. The van der Waals surface area contributed by atoms with Gasteiger partial charge in [-0.05, 0) is 19.8 Å². The molecule has 16 heavy (non-hydrogen) atoms. The van der Waals surface area contributed by atoms with Crippen molar-refractivity contribution in [3.8, 4) is 0 Å². The zero-order valence-electron chi connectivity index (χ0n) is 9.28. The lowest BCUT2D eigenvalue weighted by atomic mass is 10.1. The molecule has 0 aliphatic heterocycles. The SMILES string of the molecule is Cc1nn(C)cc1NC(=O)C1(C(N)=S)CC1. The van der Waals surface area contributed by atoms with Gasteiger partial charge in [-0.15, -0.1) is 0 Å². The molecule has 1 aromatic rings. The van der Waals surface area contributed by atoms with Crippen LogP contribution in [0, 0.1) is 12.3 Å². The summed E-state index contributed by atoms with van der Waals surface area (Å²) in [5, 5.41) is 6.97. The summed E-state index contributed by atoms with van der Waals surface area (Å²) in [6, 6.07) is 0. The molecule has 2 rings (SSSR count). The van der Waals surface area contributed by atoms with E-state index in [0.29, 0.717) is 0 Å². The van der Waals surface area contributed by atoms with Crippen molar-refractivity contribution >= 4 is 28.8 Å². The van der Waals surface area contributed by atoms with Gasteiger partial charge in [0.2, 0.25) is 5.91 Å². The number of carbonyl (C=O) groups excluding carboxylic acids is 1. The first-order valence-electron chi connectivity index (χ1n) is 5.07. The van der Waals surface area contributed by atoms with E-state index in [1.807, 2.05) is 14.0 Å². The predicted octanol–water partition coefficient (Wildman–Crippen LogP) is 0.733. The molecule has 1 amide bonds. The lowest BCUT2D eigenvalue weighted by Gasteiger charge is -2.12. The zero-order valence-corrected chi connectivity index (χ0v) is 10.1. The van der Waals surface area contributed by atoms with Crippen LogP contribution >= 0.6 is 12.2 Å². The van der Waals surface area contributed by atoms with Gasteiger partial charge < -0.3 is 11.1 Å². The van der Waals surface area contributed by atoms with Crippen LogP contribution < -0.4 is 11.1 Å². The Morgan fingerprint density at radius 3 is 2.69 bits per heavy atom. The van der Waals surface area contributed by atoms with Crippen LogP contribution in [0.2, 0.25) is 0 Å². The number of hydrogen-bond donors (Lipinski definition) is 2. The number of nitrogens with zero attached hydrogens (tertiary/aromatic N) is 2. The highest BCUT2D eigenvalue weighted by Gasteiger charge is 2.52. The third-order valence-corrected chi connectivity index (χ3v) is 3.31. The van der Waals surface area contributed by atoms with Crippen LogP contribution in [0.25, 0.3) is 0 Å². The van der Waals surface area contributed by atoms with E-state index in [2.05, 4.69) is 10.4 Å². The largest absolute Gasteiger partial charge is 0.392 e. The highest BCUT2D eigenvalue weighted by Crippen LogP contribution is 2.46. The maximum absolute atomic E-state index is 12.0. The lowest BCUT2D eigenvalue weighted by Crippen LogP contribution is -2.35. The van der Waals surface area contributed by atoms with Gasteiger partial charge in [0.25, 0.3) is 0 Å². The van der Waals surface area contributed by atoms with Crippen molar-refractivity contribution < 1.29 is 4.79 Å². The number of anilines is 1. The number of aryl methyl sites for hydroxylation is 2. The van der Waals surface area contributed by atoms with E-state index in [4.69, 9.17) is 18.0 Å². The Balaban J connectivity index is 2.14. The van der Waals surface area contributed by atoms with Crippen LogP contribution in [0.1, 0.15) is 18.5 Å².